The summed E-state index contributed by atoms with van der Waals surface area (Å²) in [6, 6.07) is 0. The molecule has 2 saturated carbocycles. The molecule has 0 aromatic carbocycles. The van der Waals surface area contributed by atoms with E-state index in [1.165, 1.54) is 38.5 Å². The van der Waals surface area contributed by atoms with Crippen molar-refractivity contribution in [1.29, 1.82) is 0 Å². The zero-order valence-electron chi connectivity index (χ0n) is 7.64. The average molecular weight is 165 g/mol. The fourth-order valence-corrected chi connectivity index (χ4v) is 3.08. The van der Waals surface area contributed by atoms with Gasteiger partial charge in [-0.1, -0.05) is 25.7 Å². The van der Waals surface area contributed by atoms with Gasteiger partial charge in [-0.15, -0.1) is 0 Å². The lowest BCUT2D eigenvalue weighted by molar-refractivity contribution is 0.255. The van der Waals surface area contributed by atoms with Gasteiger partial charge in [0.05, 0.1) is 0 Å². The average Bonchev–Trinajstić information content (AvgIpc) is 2.76. The van der Waals surface area contributed by atoms with Crippen LogP contribution in [0.25, 0.3) is 0 Å². The summed E-state index contributed by atoms with van der Waals surface area (Å²) in [6.07, 6.45) is 12.4. The van der Waals surface area contributed by atoms with Crippen LogP contribution < -0.4 is 0 Å². The Morgan fingerprint density at radius 2 is 1.58 bits per heavy atom. The van der Waals surface area contributed by atoms with Crippen LogP contribution in [0, 0.1) is 11.3 Å². The van der Waals surface area contributed by atoms with Crippen LogP contribution in [0.5, 0.6) is 0 Å². The predicted molar refractivity (Wildman–Crippen MR) is 48.6 cm³/mol. The Hall–Kier alpha value is -0.330. The molecule has 2 rings (SSSR count). The summed E-state index contributed by atoms with van der Waals surface area (Å²) in [5.74, 6) is 0.692. The third-order valence-electron chi connectivity index (χ3n) is 3.84. The lowest BCUT2D eigenvalue weighted by Crippen LogP contribution is -2.27. The molecule has 0 saturated heterocycles. The second kappa shape index (κ2) is 3.20. The van der Waals surface area contributed by atoms with E-state index in [0.29, 0.717) is 5.92 Å². The fraction of sp³-hybridized carbons (Fsp3) is 0.909. The van der Waals surface area contributed by atoms with Crippen molar-refractivity contribution in [1.82, 2.24) is 0 Å². The summed E-state index contributed by atoms with van der Waals surface area (Å²) in [7, 11) is 0. The second-order valence-corrected chi connectivity index (χ2v) is 4.45. The van der Waals surface area contributed by atoms with Crippen molar-refractivity contribution in [3.05, 3.63) is 0 Å². The molecule has 1 nitrogen and oxygen atoms in total. The van der Waals surface area contributed by atoms with E-state index < -0.39 is 0 Å². The van der Waals surface area contributed by atoms with E-state index in [4.69, 9.17) is 0 Å². The molecule has 0 aliphatic heterocycles. The van der Waals surface area contributed by atoms with Gasteiger partial charge >= 0.3 is 0 Å². The Balaban J connectivity index is 2.09. The van der Waals surface area contributed by atoms with Gasteiger partial charge in [0.25, 0.3) is 0 Å². The van der Waals surface area contributed by atoms with Gasteiger partial charge in [-0.05, 0) is 31.6 Å². The zero-order chi connectivity index (χ0) is 8.44. The monoisotopic (exact) mass is 165 g/mol. The number of hydrogen-bond donors (Lipinski definition) is 0. The summed E-state index contributed by atoms with van der Waals surface area (Å²) < 4.78 is 0. The molecule has 0 bridgehead atoms. The van der Waals surface area contributed by atoms with Gasteiger partial charge in [0.1, 0.15) is 0 Å². The smallest absolute Gasteiger partial charge is 0.205 e. The minimum atomic E-state index is 0.0104. The van der Waals surface area contributed by atoms with Crippen molar-refractivity contribution in [2.75, 3.05) is 0 Å². The normalized spacial score (nSPS) is 29.3. The van der Waals surface area contributed by atoms with Gasteiger partial charge < -0.3 is 0 Å². The van der Waals surface area contributed by atoms with Crippen LogP contribution in [-0.4, -0.2) is 6.29 Å². The highest BCUT2D eigenvalue weighted by atomic mass is 16.1. The standard InChI is InChI=1S/C11H17O/c12-9-11(7-3-4-8-11)10-5-1-2-6-10/h10H,1-8H2. The highest BCUT2D eigenvalue weighted by Crippen LogP contribution is 2.48. The largest absolute Gasteiger partial charge is 0.290 e. The first-order chi connectivity index (χ1) is 5.87. The van der Waals surface area contributed by atoms with E-state index in [-0.39, 0.29) is 5.41 Å². The molecule has 2 aliphatic carbocycles. The maximum absolute atomic E-state index is 11.0. The molecule has 2 aliphatic rings. The molecular formula is C11H17O. The van der Waals surface area contributed by atoms with Crippen molar-refractivity contribution in [2.45, 2.75) is 51.4 Å². The summed E-state index contributed by atoms with van der Waals surface area (Å²) in [5, 5.41) is 0. The Labute approximate surface area is 74.5 Å². The predicted octanol–water partition coefficient (Wildman–Crippen LogP) is 2.85. The maximum Gasteiger partial charge on any atom is 0.205 e. The highest BCUT2D eigenvalue weighted by Gasteiger charge is 2.42. The van der Waals surface area contributed by atoms with Crippen molar-refractivity contribution >= 4 is 6.29 Å². The number of hydrogen-bond acceptors (Lipinski definition) is 1. The van der Waals surface area contributed by atoms with E-state index in [1.54, 1.807) is 0 Å². The molecule has 0 amide bonds. The summed E-state index contributed by atoms with van der Waals surface area (Å²) in [5.41, 5.74) is 0.0104. The van der Waals surface area contributed by atoms with Crippen LogP contribution in [0.3, 0.4) is 0 Å². The summed E-state index contributed by atoms with van der Waals surface area (Å²) >= 11 is 0. The first-order valence-corrected chi connectivity index (χ1v) is 5.27. The van der Waals surface area contributed by atoms with Crippen LogP contribution >= 0.6 is 0 Å². The summed E-state index contributed by atoms with van der Waals surface area (Å²) in [6.45, 7) is 0. The van der Waals surface area contributed by atoms with Crippen molar-refractivity contribution < 1.29 is 4.79 Å². The lowest BCUT2D eigenvalue weighted by atomic mass is 9.74. The second-order valence-electron chi connectivity index (χ2n) is 4.45. The SMILES string of the molecule is O=[C]C1(C2CCCC2)CCCC1. The van der Waals surface area contributed by atoms with Gasteiger partial charge in [-0.3, -0.25) is 4.79 Å². The molecule has 2 fully saturated rings. The Morgan fingerprint density at radius 1 is 1.00 bits per heavy atom. The Morgan fingerprint density at radius 3 is 2.08 bits per heavy atom. The molecule has 0 N–H and O–H groups in total. The quantitative estimate of drug-likeness (QED) is 0.615. The molecule has 0 aromatic heterocycles. The Bertz CT molecular complexity index is 162. The molecule has 12 heavy (non-hydrogen) atoms. The first-order valence-electron chi connectivity index (χ1n) is 5.27. The molecule has 67 valence electrons. The van der Waals surface area contributed by atoms with Gasteiger partial charge in [0.2, 0.25) is 6.29 Å². The molecule has 0 spiro atoms. The molecule has 0 heterocycles. The lowest BCUT2D eigenvalue weighted by Gasteiger charge is -2.28. The first kappa shape index (κ1) is 8.28. The number of rotatable bonds is 2. The fourth-order valence-electron chi connectivity index (χ4n) is 3.08. The van der Waals surface area contributed by atoms with E-state index in [9.17, 15) is 4.79 Å². The molecule has 0 unspecified atom stereocenters. The molecule has 0 aromatic rings. The number of carbonyl (C=O) groups excluding carboxylic acids is 1. The van der Waals surface area contributed by atoms with E-state index in [0.717, 1.165) is 12.8 Å². The van der Waals surface area contributed by atoms with Crippen molar-refractivity contribution in [2.24, 2.45) is 11.3 Å². The van der Waals surface area contributed by atoms with Crippen LogP contribution in [0.1, 0.15) is 51.4 Å². The molecule has 1 heteroatoms. The van der Waals surface area contributed by atoms with Crippen LogP contribution in [0.4, 0.5) is 0 Å². The summed E-state index contributed by atoms with van der Waals surface area (Å²) in [4.78, 5) is 11.0. The minimum absolute atomic E-state index is 0.0104. The van der Waals surface area contributed by atoms with Gasteiger partial charge in [0.15, 0.2) is 0 Å². The van der Waals surface area contributed by atoms with Gasteiger partial charge in [-0.2, -0.15) is 0 Å². The van der Waals surface area contributed by atoms with E-state index >= 15 is 0 Å². The Kier molecular flexibility index (Phi) is 2.20. The van der Waals surface area contributed by atoms with Crippen LogP contribution in [0.2, 0.25) is 0 Å². The van der Waals surface area contributed by atoms with Crippen molar-refractivity contribution in [3.63, 3.8) is 0 Å². The van der Waals surface area contributed by atoms with E-state index in [2.05, 4.69) is 6.29 Å². The third kappa shape index (κ3) is 1.19. The van der Waals surface area contributed by atoms with E-state index in [1.807, 2.05) is 0 Å². The van der Waals surface area contributed by atoms with Crippen LogP contribution in [-0.2, 0) is 4.79 Å². The van der Waals surface area contributed by atoms with Gasteiger partial charge in [-0.25, -0.2) is 0 Å². The van der Waals surface area contributed by atoms with Gasteiger partial charge in [0, 0.05) is 5.41 Å². The van der Waals surface area contributed by atoms with Crippen molar-refractivity contribution in [3.8, 4) is 0 Å². The molecular weight excluding hydrogens is 148 g/mol. The molecule has 1 radical (unpaired) electrons. The highest BCUT2D eigenvalue weighted by molar-refractivity contribution is 5.61. The minimum Gasteiger partial charge on any atom is -0.290 e. The maximum atomic E-state index is 11.0. The third-order valence-corrected chi connectivity index (χ3v) is 3.84. The molecule has 0 atom stereocenters. The van der Waals surface area contributed by atoms with Crippen LogP contribution in [0.15, 0.2) is 0 Å². The topological polar surface area (TPSA) is 17.1 Å². The zero-order valence-corrected chi connectivity index (χ0v) is 7.64.